The third kappa shape index (κ3) is 2.58. The Kier molecular flexibility index (Phi) is 4.14. The van der Waals surface area contributed by atoms with Crippen LogP contribution in [0.4, 0.5) is 0 Å². The van der Waals surface area contributed by atoms with E-state index in [-0.39, 0.29) is 6.04 Å². The monoisotopic (exact) mass is 255 g/mol. The van der Waals surface area contributed by atoms with Crippen molar-refractivity contribution in [3.63, 3.8) is 0 Å². The molecule has 0 bridgehead atoms. The summed E-state index contributed by atoms with van der Waals surface area (Å²) >= 11 is 3.53. The summed E-state index contributed by atoms with van der Waals surface area (Å²) in [4.78, 5) is 0. The fraction of sp³-hybridized carbons (Fsp3) is 0.500. The third-order valence-corrected chi connectivity index (χ3v) is 3.69. The predicted molar refractivity (Wildman–Crippen MR) is 65.3 cm³/mol. The van der Waals surface area contributed by atoms with E-state index < -0.39 is 0 Å². The van der Waals surface area contributed by atoms with Crippen molar-refractivity contribution in [2.24, 2.45) is 11.7 Å². The Morgan fingerprint density at radius 2 is 2.07 bits per heavy atom. The molecular formula is C12H18BrN. The molecule has 0 aliphatic rings. The van der Waals surface area contributed by atoms with Gasteiger partial charge in [-0.1, -0.05) is 48.3 Å². The molecule has 1 unspecified atom stereocenters. The largest absolute Gasteiger partial charge is 0.324 e. The van der Waals surface area contributed by atoms with Crippen molar-refractivity contribution < 1.29 is 0 Å². The minimum Gasteiger partial charge on any atom is -0.324 e. The van der Waals surface area contributed by atoms with E-state index in [1.807, 2.05) is 0 Å². The first-order valence-corrected chi connectivity index (χ1v) is 5.87. The zero-order chi connectivity index (χ0) is 10.7. The Morgan fingerprint density at radius 1 is 1.43 bits per heavy atom. The molecule has 14 heavy (non-hydrogen) atoms. The van der Waals surface area contributed by atoms with Crippen LogP contribution in [0.15, 0.2) is 22.7 Å². The van der Waals surface area contributed by atoms with Crippen LogP contribution in [0.3, 0.4) is 0 Å². The van der Waals surface area contributed by atoms with Gasteiger partial charge >= 0.3 is 0 Å². The second-order valence-corrected chi connectivity index (χ2v) is 4.77. The molecule has 1 aromatic carbocycles. The molecule has 0 saturated heterocycles. The van der Waals surface area contributed by atoms with Gasteiger partial charge in [-0.15, -0.1) is 0 Å². The van der Waals surface area contributed by atoms with Gasteiger partial charge in [0.15, 0.2) is 0 Å². The molecule has 0 saturated carbocycles. The maximum atomic E-state index is 6.15. The predicted octanol–water partition coefficient (Wildman–Crippen LogP) is 3.80. The van der Waals surface area contributed by atoms with Crippen molar-refractivity contribution in [2.75, 3.05) is 0 Å². The lowest BCUT2D eigenvalue weighted by atomic mass is 9.93. The minimum absolute atomic E-state index is 0.150. The van der Waals surface area contributed by atoms with Crippen LogP contribution in [0.25, 0.3) is 0 Å². The quantitative estimate of drug-likeness (QED) is 0.874. The first-order valence-electron chi connectivity index (χ1n) is 5.08. The van der Waals surface area contributed by atoms with Gasteiger partial charge in [0.25, 0.3) is 0 Å². The summed E-state index contributed by atoms with van der Waals surface area (Å²) in [6, 6.07) is 6.52. The number of hydrogen-bond donors (Lipinski definition) is 1. The van der Waals surface area contributed by atoms with E-state index >= 15 is 0 Å². The van der Waals surface area contributed by atoms with Crippen LogP contribution in [-0.4, -0.2) is 0 Å². The fourth-order valence-electron chi connectivity index (χ4n) is 1.40. The highest BCUT2D eigenvalue weighted by atomic mass is 79.9. The summed E-state index contributed by atoms with van der Waals surface area (Å²) in [5.74, 6) is 0.532. The van der Waals surface area contributed by atoms with Gasteiger partial charge in [0.2, 0.25) is 0 Å². The van der Waals surface area contributed by atoms with Crippen LogP contribution in [0.5, 0.6) is 0 Å². The molecule has 0 heterocycles. The molecule has 0 aliphatic carbocycles. The van der Waals surface area contributed by atoms with E-state index in [1.54, 1.807) is 0 Å². The van der Waals surface area contributed by atoms with Gasteiger partial charge in [-0.25, -0.2) is 0 Å². The summed E-state index contributed by atoms with van der Waals surface area (Å²) in [6.45, 7) is 6.45. The van der Waals surface area contributed by atoms with Gasteiger partial charge in [-0.3, -0.25) is 0 Å². The zero-order valence-electron chi connectivity index (χ0n) is 9.05. The topological polar surface area (TPSA) is 26.0 Å². The number of nitrogens with two attached hydrogens (primary N) is 1. The van der Waals surface area contributed by atoms with Gasteiger partial charge in [-0.05, 0) is 30.0 Å². The van der Waals surface area contributed by atoms with Gasteiger partial charge in [0, 0.05) is 10.5 Å². The molecule has 0 fully saturated rings. The summed E-state index contributed by atoms with van der Waals surface area (Å²) < 4.78 is 1.15. The molecule has 2 N–H and O–H groups in total. The highest BCUT2D eigenvalue weighted by Gasteiger charge is 2.13. The standard InChI is InChI=1S/C12H18BrN/c1-4-8(2)12(14)10-6-5-9(3)11(13)7-10/h5-8,12H,4,14H2,1-3H3/t8?,12-/m0/s1. The third-order valence-electron chi connectivity index (χ3n) is 2.84. The molecule has 1 rings (SSSR count). The molecular weight excluding hydrogens is 238 g/mol. The van der Waals surface area contributed by atoms with Crippen molar-refractivity contribution in [1.29, 1.82) is 0 Å². The van der Waals surface area contributed by atoms with Crippen molar-refractivity contribution >= 4 is 15.9 Å². The Bertz CT molecular complexity index is 309. The number of benzene rings is 1. The molecule has 1 nitrogen and oxygen atoms in total. The number of aryl methyl sites for hydroxylation is 1. The molecule has 0 aromatic heterocycles. The van der Waals surface area contributed by atoms with Gasteiger partial charge in [0.05, 0.1) is 0 Å². The highest BCUT2D eigenvalue weighted by Crippen LogP contribution is 2.25. The Hall–Kier alpha value is -0.340. The second-order valence-electron chi connectivity index (χ2n) is 3.92. The van der Waals surface area contributed by atoms with Crippen molar-refractivity contribution in [3.05, 3.63) is 33.8 Å². The lowest BCUT2D eigenvalue weighted by Crippen LogP contribution is -2.18. The van der Waals surface area contributed by atoms with Crippen LogP contribution in [0.2, 0.25) is 0 Å². The minimum atomic E-state index is 0.150. The first-order chi connectivity index (χ1) is 6.56. The molecule has 2 heteroatoms. The van der Waals surface area contributed by atoms with Crippen LogP contribution in [-0.2, 0) is 0 Å². The summed E-state index contributed by atoms with van der Waals surface area (Å²) in [5.41, 5.74) is 8.62. The number of halogens is 1. The van der Waals surface area contributed by atoms with E-state index in [2.05, 4.69) is 54.9 Å². The zero-order valence-corrected chi connectivity index (χ0v) is 10.6. The number of hydrogen-bond acceptors (Lipinski definition) is 1. The van der Waals surface area contributed by atoms with Gasteiger partial charge in [0.1, 0.15) is 0 Å². The molecule has 0 amide bonds. The smallest absolute Gasteiger partial charge is 0.0321 e. The Morgan fingerprint density at radius 3 is 2.57 bits per heavy atom. The van der Waals surface area contributed by atoms with Crippen molar-refractivity contribution in [3.8, 4) is 0 Å². The van der Waals surface area contributed by atoms with Crippen molar-refractivity contribution in [1.82, 2.24) is 0 Å². The maximum Gasteiger partial charge on any atom is 0.0321 e. The summed E-state index contributed by atoms with van der Waals surface area (Å²) in [6.07, 6.45) is 1.12. The van der Waals surface area contributed by atoms with Crippen LogP contribution in [0, 0.1) is 12.8 Å². The average molecular weight is 256 g/mol. The highest BCUT2D eigenvalue weighted by molar-refractivity contribution is 9.10. The normalized spacial score (nSPS) is 15.2. The van der Waals surface area contributed by atoms with E-state index in [0.29, 0.717) is 5.92 Å². The Balaban J connectivity index is 2.91. The van der Waals surface area contributed by atoms with Gasteiger partial charge in [-0.2, -0.15) is 0 Å². The average Bonchev–Trinajstić information content (AvgIpc) is 2.20. The Labute approximate surface area is 94.8 Å². The van der Waals surface area contributed by atoms with E-state index in [9.17, 15) is 0 Å². The second kappa shape index (κ2) is 4.94. The molecule has 2 atom stereocenters. The molecule has 0 spiro atoms. The molecule has 0 radical (unpaired) electrons. The van der Waals surface area contributed by atoms with E-state index in [0.717, 1.165) is 10.9 Å². The van der Waals surface area contributed by atoms with Crippen LogP contribution >= 0.6 is 15.9 Å². The van der Waals surface area contributed by atoms with E-state index in [4.69, 9.17) is 5.73 Å². The fourth-order valence-corrected chi connectivity index (χ4v) is 1.80. The van der Waals surface area contributed by atoms with Crippen LogP contribution < -0.4 is 5.73 Å². The van der Waals surface area contributed by atoms with Gasteiger partial charge < -0.3 is 5.73 Å². The first kappa shape index (κ1) is 11.7. The summed E-state index contributed by atoms with van der Waals surface area (Å²) in [7, 11) is 0. The lowest BCUT2D eigenvalue weighted by molar-refractivity contribution is 0.456. The lowest BCUT2D eigenvalue weighted by Gasteiger charge is -2.19. The molecule has 1 aromatic rings. The summed E-state index contributed by atoms with van der Waals surface area (Å²) in [5, 5.41) is 0. The van der Waals surface area contributed by atoms with E-state index in [1.165, 1.54) is 11.1 Å². The number of rotatable bonds is 3. The van der Waals surface area contributed by atoms with Crippen LogP contribution in [0.1, 0.15) is 37.4 Å². The molecule has 78 valence electrons. The SMILES string of the molecule is CCC(C)[C@H](N)c1ccc(C)c(Br)c1. The molecule has 0 aliphatic heterocycles. The maximum absolute atomic E-state index is 6.15. The van der Waals surface area contributed by atoms with Crippen molar-refractivity contribution in [2.45, 2.75) is 33.2 Å².